The van der Waals surface area contributed by atoms with Crippen LogP contribution in [0.25, 0.3) is 0 Å². The normalized spacial score (nSPS) is 21.3. The van der Waals surface area contributed by atoms with Gasteiger partial charge < -0.3 is 10.1 Å². The molecule has 110 valence electrons. The third-order valence-electron chi connectivity index (χ3n) is 4.22. The van der Waals surface area contributed by atoms with E-state index in [1.807, 2.05) is 6.07 Å². The highest BCUT2D eigenvalue weighted by atomic mass is 35.5. The first-order valence-electron chi connectivity index (χ1n) is 7.08. The van der Waals surface area contributed by atoms with Crippen molar-refractivity contribution in [2.24, 2.45) is 5.41 Å². The topological polar surface area (TPSA) is 38.3 Å². The summed E-state index contributed by atoms with van der Waals surface area (Å²) in [6.45, 7) is 4.59. The minimum atomic E-state index is -0.401. The lowest BCUT2D eigenvalue weighted by atomic mass is 9.73. The highest BCUT2D eigenvalue weighted by molar-refractivity contribution is 6.33. The summed E-state index contributed by atoms with van der Waals surface area (Å²) >= 11 is 6.04. The number of esters is 1. The van der Waals surface area contributed by atoms with Crippen molar-refractivity contribution in [1.82, 2.24) is 0 Å². The van der Waals surface area contributed by atoms with E-state index in [1.165, 1.54) is 26.4 Å². The van der Waals surface area contributed by atoms with Crippen molar-refractivity contribution in [2.45, 2.75) is 45.6 Å². The lowest BCUT2D eigenvalue weighted by Crippen LogP contribution is -2.38. The third kappa shape index (κ3) is 3.26. The minimum Gasteiger partial charge on any atom is -0.465 e. The molecule has 1 aliphatic carbocycles. The van der Waals surface area contributed by atoms with Crippen LogP contribution in [0.2, 0.25) is 5.02 Å². The third-order valence-corrected chi connectivity index (χ3v) is 4.55. The van der Waals surface area contributed by atoms with Crippen LogP contribution in [0.5, 0.6) is 0 Å². The summed E-state index contributed by atoms with van der Waals surface area (Å²) in [7, 11) is 1.36. The van der Waals surface area contributed by atoms with Gasteiger partial charge in [-0.25, -0.2) is 4.79 Å². The van der Waals surface area contributed by atoms with Gasteiger partial charge in [0.2, 0.25) is 0 Å². The molecule has 1 aromatic carbocycles. The summed E-state index contributed by atoms with van der Waals surface area (Å²) in [6.07, 6.45) is 4.92. The predicted octanol–water partition coefficient (Wildman–Crippen LogP) is 4.51. The Kier molecular flexibility index (Phi) is 4.59. The van der Waals surface area contributed by atoms with Gasteiger partial charge in [-0.1, -0.05) is 38.3 Å². The van der Waals surface area contributed by atoms with Gasteiger partial charge in [-0.05, 0) is 36.5 Å². The Hall–Kier alpha value is -1.22. The monoisotopic (exact) mass is 295 g/mol. The molecule has 0 bridgehead atoms. The van der Waals surface area contributed by atoms with Crippen molar-refractivity contribution in [1.29, 1.82) is 0 Å². The molecule has 1 unspecified atom stereocenters. The number of halogens is 1. The molecule has 1 fully saturated rings. The number of methoxy groups -OCH3 is 1. The van der Waals surface area contributed by atoms with Crippen LogP contribution < -0.4 is 5.32 Å². The fraction of sp³-hybridized carbons (Fsp3) is 0.562. The molecule has 2 rings (SSSR count). The van der Waals surface area contributed by atoms with Gasteiger partial charge in [-0.3, -0.25) is 0 Å². The van der Waals surface area contributed by atoms with Gasteiger partial charge in [0, 0.05) is 11.7 Å². The van der Waals surface area contributed by atoms with Crippen LogP contribution in [-0.4, -0.2) is 19.1 Å². The van der Waals surface area contributed by atoms with E-state index in [1.54, 1.807) is 12.1 Å². The Balaban J connectivity index is 2.19. The quantitative estimate of drug-likeness (QED) is 0.834. The molecule has 4 heteroatoms. The summed E-state index contributed by atoms with van der Waals surface area (Å²) in [5.74, 6) is -0.401. The molecule has 1 atom stereocenters. The number of anilines is 1. The summed E-state index contributed by atoms with van der Waals surface area (Å²) in [5, 5.41) is 3.97. The maximum Gasteiger partial charge on any atom is 0.339 e. The predicted molar refractivity (Wildman–Crippen MR) is 82.5 cm³/mol. The van der Waals surface area contributed by atoms with E-state index in [4.69, 9.17) is 16.3 Å². The first-order chi connectivity index (χ1) is 9.44. The molecule has 20 heavy (non-hydrogen) atoms. The van der Waals surface area contributed by atoms with Crippen LogP contribution in [0.1, 0.15) is 49.9 Å². The lowest BCUT2D eigenvalue weighted by Gasteiger charge is -2.39. The first kappa shape index (κ1) is 15.2. The largest absolute Gasteiger partial charge is 0.465 e. The van der Waals surface area contributed by atoms with Gasteiger partial charge in [0.25, 0.3) is 0 Å². The van der Waals surface area contributed by atoms with Crippen molar-refractivity contribution in [3.63, 3.8) is 0 Å². The van der Waals surface area contributed by atoms with Gasteiger partial charge in [0.1, 0.15) is 0 Å². The molecule has 1 saturated carbocycles. The molecular weight excluding hydrogens is 274 g/mol. The second kappa shape index (κ2) is 6.04. The molecule has 0 radical (unpaired) electrons. The fourth-order valence-electron chi connectivity index (χ4n) is 2.84. The smallest absolute Gasteiger partial charge is 0.339 e. The fourth-order valence-corrected chi connectivity index (χ4v) is 3.04. The molecular formula is C16H22ClNO2. The standard InChI is InChI=1S/C16H22ClNO2/c1-16(2)9-5-4-6-14(16)18-11-7-8-13(17)12(10-11)15(19)20-3/h7-8,10,14,18H,4-6,9H2,1-3H3. The number of carbonyl (C=O) groups excluding carboxylic acids is 1. The van der Waals surface area contributed by atoms with Crippen LogP contribution >= 0.6 is 11.6 Å². The number of carbonyl (C=O) groups is 1. The number of hydrogen-bond donors (Lipinski definition) is 1. The van der Waals surface area contributed by atoms with Crippen molar-refractivity contribution >= 4 is 23.3 Å². The Morgan fingerprint density at radius 3 is 2.80 bits per heavy atom. The van der Waals surface area contributed by atoms with E-state index in [0.717, 1.165) is 12.1 Å². The van der Waals surface area contributed by atoms with Crippen molar-refractivity contribution in [3.05, 3.63) is 28.8 Å². The first-order valence-corrected chi connectivity index (χ1v) is 7.46. The average Bonchev–Trinajstić information content (AvgIpc) is 2.42. The van der Waals surface area contributed by atoms with Crippen molar-refractivity contribution < 1.29 is 9.53 Å². The zero-order valence-electron chi connectivity index (χ0n) is 12.3. The average molecular weight is 296 g/mol. The Morgan fingerprint density at radius 1 is 1.40 bits per heavy atom. The van der Waals surface area contributed by atoms with Crippen LogP contribution in [0, 0.1) is 5.41 Å². The number of nitrogens with one attached hydrogen (secondary N) is 1. The highest BCUT2D eigenvalue weighted by Crippen LogP contribution is 2.37. The maximum atomic E-state index is 11.7. The van der Waals surface area contributed by atoms with Crippen LogP contribution in [0.4, 0.5) is 5.69 Å². The van der Waals surface area contributed by atoms with Crippen LogP contribution in [0.15, 0.2) is 18.2 Å². The summed E-state index contributed by atoms with van der Waals surface area (Å²) < 4.78 is 4.75. The van der Waals surface area contributed by atoms with E-state index in [9.17, 15) is 4.79 Å². The molecule has 1 aliphatic rings. The molecule has 0 aliphatic heterocycles. The molecule has 0 heterocycles. The molecule has 1 N–H and O–H groups in total. The summed E-state index contributed by atoms with van der Waals surface area (Å²) in [6, 6.07) is 5.85. The SMILES string of the molecule is COC(=O)c1cc(NC2CCCCC2(C)C)ccc1Cl. The molecule has 1 aromatic rings. The van der Waals surface area contributed by atoms with Gasteiger partial charge in [0.05, 0.1) is 17.7 Å². The Bertz CT molecular complexity index is 499. The highest BCUT2D eigenvalue weighted by Gasteiger charge is 2.32. The van der Waals surface area contributed by atoms with Gasteiger partial charge >= 0.3 is 5.97 Å². The molecule has 0 saturated heterocycles. The van der Waals surface area contributed by atoms with E-state index < -0.39 is 5.97 Å². The zero-order valence-corrected chi connectivity index (χ0v) is 13.1. The van der Waals surface area contributed by atoms with E-state index in [-0.39, 0.29) is 5.41 Å². The molecule has 0 amide bonds. The van der Waals surface area contributed by atoms with E-state index >= 15 is 0 Å². The van der Waals surface area contributed by atoms with Crippen molar-refractivity contribution in [3.8, 4) is 0 Å². The molecule has 3 nitrogen and oxygen atoms in total. The van der Waals surface area contributed by atoms with Gasteiger partial charge in [-0.2, -0.15) is 0 Å². The lowest BCUT2D eigenvalue weighted by molar-refractivity contribution is 0.0601. The van der Waals surface area contributed by atoms with Crippen molar-refractivity contribution in [2.75, 3.05) is 12.4 Å². The van der Waals surface area contributed by atoms with E-state index in [2.05, 4.69) is 19.2 Å². The molecule has 0 aromatic heterocycles. The second-order valence-electron chi connectivity index (χ2n) is 6.12. The Morgan fingerprint density at radius 2 is 2.15 bits per heavy atom. The van der Waals surface area contributed by atoms with Crippen LogP contribution in [-0.2, 0) is 4.74 Å². The Labute approximate surface area is 125 Å². The number of benzene rings is 1. The number of rotatable bonds is 3. The summed E-state index contributed by atoms with van der Waals surface area (Å²) in [5.41, 5.74) is 1.60. The van der Waals surface area contributed by atoms with Crippen LogP contribution in [0.3, 0.4) is 0 Å². The zero-order chi connectivity index (χ0) is 14.8. The summed E-state index contributed by atoms with van der Waals surface area (Å²) in [4.78, 5) is 11.7. The minimum absolute atomic E-state index is 0.267. The van der Waals surface area contributed by atoms with Gasteiger partial charge in [-0.15, -0.1) is 0 Å². The maximum absolute atomic E-state index is 11.7. The van der Waals surface area contributed by atoms with Gasteiger partial charge in [0.15, 0.2) is 0 Å². The number of ether oxygens (including phenoxy) is 1. The second-order valence-corrected chi connectivity index (χ2v) is 6.52. The molecule has 0 spiro atoms. The van der Waals surface area contributed by atoms with E-state index in [0.29, 0.717) is 16.6 Å². The number of hydrogen-bond acceptors (Lipinski definition) is 3.